The molecule has 2 aromatic carbocycles. The fourth-order valence-corrected chi connectivity index (χ4v) is 3.61. The minimum atomic E-state index is -1.31. The first-order valence-corrected chi connectivity index (χ1v) is 9.82. The molecule has 2 heterocycles. The van der Waals surface area contributed by atoms with Crippen molar-refractivity contribution in [2.75, 3.05) is 5.32 Å². The number of nitrogens with one attached hydrogen (secondary N) is 1. The van der Waals surface area contributed by atoms with Gasteiger partial charge in [0.1, 0.15) is 11.4 Å². The van der Waals surface area contributed by atoms with Crippen LogP contribution in [0.5, 0.6) is 5.75 Å². The first kappa shape index (κ1) is 20.9. The second kappa shape index (κ2) is 8.06. The Morgan fingerprint density at radius 2 is 1.97 bits per heavy atom. The van der Waals surface area contributed by atoms with Gasteiger partial charge in [-0.1, -0.05) is 19.9 Å². The lowest BCUT2D eigenvalue weighted by molar-refractivity contribution is 0.209. The van der Waals surface area contributed by atoms with Crippen LogP contribution in [0.25, 0.3) is 28.0 Å². The molecule has 0 bridgehead atoms. The Morgan fingerprint density at radius 1 is 1.19 bits per heavy atom. The molecule has 2 aromatic heterocycles. The van der Waals surface area contributed by atoms with Crippen LogP contribution >= 0.6 is 0 Å². The topological polar surface area (TPSA) is 143 Å². The van der Waals surface area contributed by atoms with Crippen molar-refractivity contribution in [2.45, 2.75) is 26.7 Å². The van der Waals surface area contributed by atoms with Gasteiger partial charge in [0.15, 0.2) is 5.82 Å². The van der Waals surface area contributed by atoms with Crippen LogP contribution in [0.4, 0.5) is 16.4 Å². The van der Waals surface area contributed by atoms with Gasteiger partial charge in [-0.2, -0.15) is 0 Å². The smallest absolute Gasteiger partial charge is 0.411 e. The van der Waals surface area contributed by atoms with Crippen LogP contribution in [-0.4, -0.2) is 36.1 Å². The Hall–Kier alpha value is -4.34. The quantitative estimate of drug-likeness (QED) is 0.372. The molecule has 0 fully saturated rings. The summed E-state index contributed by atoms with van der Waals surface area (Å²) in [5.74, 6) is -0.141. The molecule has 10 nitrogen and oxygen atoms in total. The number of benzene rings is 2. The van der Waals surface area contributed by atoms with E-state index in [1.165, 1.54) is 10.6 Å². The van der Waals surface area contributed by atoms with E-state index in [2.05, 4.69) is 25.7 Å². The van der Waals surface area contributed by atoms with Gasteiger partial charge in [-0.3, -0.25) is 14.9 Å². The average molecular weight is 432 g/mol. The Balaban J connectivity index is 2.05. The van der Waals surface area contributed by atoms with Crippen molar-refractivity contribution in [1.82, 2.24) is 19.7 Å². The molecule has 0 aliphatic carbocycles. The molecular weight excluding hydrogens is 412 g/mol. The summed E-state index contributed by atoms with van der Waals surface area (Å²) in [6.07, 6.45) is 0.425. The van der Waals surface area contributed by atoms with Crippen molar-refractivity contribution in [2.24, 2.45) is 5.18 Å². The zero-order valence-electron chi connectivity index (χ0n) is 17.6. The van der Waals surface area contributed by atoms with Crippen LogP contribution in [0.2, 0.25) is 0 Å². The van der Waals surface area contributed by atoms with Crippen molar-refractivity contribution < 1.29 is 15.0 Å². The molecule has 1 amide bonds. The number of rotatable bonds is 5. The molecule has 162 valence electrons. The third-order valence-electron chi connectivity index (χ3n) is 5.07. The van der Waals surface area contributed by atoms with Gasteiger partial charge in [0.2, 0.25) is 5.95 Å². The standard InChI is InChI=1S/C22H20N6O4/c1-11(2)13-8-15(19(29)9-17(13)27-32)20-25-26-21(24-22(30)31)28(20)18-6-4-5-16-14(18)7-12(3)10-23-16/h4-11,29H,1-3H3,(H,24,26)(H,30,31). The number of pyridine rings is 1. The number of phenolic OH excluding ortho intramolecular Hbond substituents is 1. The van der Waals surface area contributed by atoms with Crippen molar-refractivity contribution in [3.05, 3.63) is 58.6 Å². The third-order valence-corrected chi connectivity index (χ3v) is 5.07. The van der Waals surface area contributed by atoms with E-state index in [0.29, 0.717) is 16.8 Å². The molecule has 3 N–H and O–H groups in total. The van der Waals surface area contributed by atoms with Crippen molar-refractivity contribution in [3.63, 3.8) is 0 Å². The highest BCUT2D eigenvalue weighted by Gasteiger charge is 2.23. The number of phenols is 1. The van der Waals surface area contributed by atoms with Gasteiger partial charge < -0.3 is 10.2 Å². The fourth-order valence-electron chi connectivity index (χ4n) is 3.61. The number of hydrogen-bond acceptors (Lipinski definition) is 7. The Kier molecular flexibility index (Phi) is 5.27. The number of aryl methyl sites for hydroxylation is 1. The molecule has 0 aliphatic heterocycles. The predicted molar refractivity (Wildman–Crippen MR) is 120 cm³/mol. The summed E-state index contributed by atoms with van der Waals surface area (Å²) in [6, 6.07) is 10.2. The van der Waals surface area contributed by atoms with Gasteiger partial charge in [-0.05, 0) is 53.4 Å². The van der Waals surface area contributed by atoms with Crippen LogP contribution in [0, 0.1) is 11.8 Å². The lowest BCUT2D eigenvalue weighted by Gasteiger charge is -2.15. The number of hydrogen-bond donors (Lipinski definition) is 3. The van der Waals surface area contributed by atoms with E-state index in [-0.39, 0.29) is 34.7 Å². The van der Waals surface area contributed by atoms with E-state index in [1.54, 1.807) is 24.4 Å². The lowest BCUT2D eigenvalue weighted by Crippen LogP contribution is -2.13. The van der Waals surface area contributed by atoms with E-state index < -0.39 is 6.09 Å². The first-order valence-electron chi connectivity index (χ1n) is 9.82. The van der Waals surface area contributed by atoms with Crippen LogP contribution in [0.1, 0.15) is 30.9 Å². The summed E-state index contributed by atoms with van der Waals surface area (Å²) >= 11 is 0. The molecule has 32 heavy (non-hydrogen) atoms. The number of fused-ring (bicyclic) bond motifs is 1. The highest BCUT2D eigenvalue weighted by molar-refractivity contribution is 5.90. The van der Waals surface area contributed by atoms with Crippen molar-refractivity contribution >= 4 is 28.6 Å². The van der Waals surface area contributed by atoms with Gasteiger partial charge in [0, 0.05) is 17.6 Å². The zero-order chi connectivity index (χ0) is 23.0. The maximum Gasteiger partial charge on any atom is 0.411 e. The number of amides is 1. The zero-order valence-corrected chi connectivity index (χ0v) is 17.6. The Morgan fingerprint density at radius 3 is 2.66 bits per heavy atom. The number of aromatic hydroxyl groups is 1. The molecule has 0 atom stereocenters. The van der Waals surface area contributed by atoms with E-state index in [9.17, 15) is 19.9 Å². The Bertz CT molecular complexity index is 1360. The lowest BCUT2D eigenvalue weighted by atomic mass is 9.97. The van der Waals surface area contributed by atoms with Crippen LogP contribution in [0.15, 0.2) is 47.8 Å². The number of aromatic nitrogens is 4. The molecule has 0 spiro atoms. The molecule has 4 rings (SSSR count). The van der Waals surface area contributed by atoms with E-state index in [1.807, 2.05) is 32.9 Å². The molecule has 0 aliphatic rings. The molecule has 0 radical (unpaired) electrons. The largest absolute Gasteiger partial charge is 0.507 e. The van der Waals surface area contributed by atoms with Gasteiger partial charge in [0.05, 0.1) is 16.8 Å². The molecule has 10 heteroatoms. The summed E-state index contributed by atoms with van der Waals surface area (Å²) in [5, 5.41) is 34.2. The van der Waals surface area contributed by atoms with Gasteiger partial charge in [-0.15, -0.1) is 15.1 Å². The van der Waals surface area contributed by atoms with Gasteiger partial charge in [0.25, 0.3) is 0 Å². The summed E-state index contributed by atoms with van der Waals surface area (Å²) < 4.78 is 1.50. The van der Waals surface area contributed by atoms with Crippen molar-refractivity contribution in [3.8, 4) is 22.8 Å². The minimum Gasteiger partial charge on any atom is -0.507 e. The second-order valence-electron chi connectivity index (χ2n) is 7.64. The van der Waals surface area contributed by atoms with E-state index in [4.69, 9.17) is 0 Å². The number of anilines is 1. The van der Waals surface area contributed by atoms with Crippen LogP contribution in [-0.2, 0) is 0 Å². The van der Waals surface area contributed by atoms with Crippen molar-refractivity contribution in [1.29, 1.82) is 0 Å². The maximum absolute atomic E-state index is 11.4. The first-order chi connectivity index (χ1) is 15.3. The highest BCUT2D eigenvalue weighted by Crippen LogP contribution is 2.40. The number of carbonyl (C=O) groups is 1. The normalized spacial score (nSPS) is 11.1. The second-order valence-corrected chi connectivity index (χ2v) is 7.64. The fraction of sp³-hybridized carbons (Fsp3) is 0.182. The summed E-state index contributed by atoms with van der Waals surface area (Å²) in [4.78, 5) is 27.1. The molecule has 0 saturated carbocycles. The molecule has 4 aromatic rings. The molecule has 0 unspecified atom stereocenters. The predicted octanol–water partition coefficient (Wildman–Crippen LogP) is 5.11. The van der Waals surface area contributed by atoms with E-state index in [0.717, 1.165) is 10.9 Å². The van der Waals surface area contributed by atoms with Gasteiger partial charge >= 0.3 is 6.09 Å². The average Bonchev–Trinajstić information content (AvgIpc) is 3.14. The van der Waals surface area contributed by atoms with E-state index >= 15 is 0 Å². The Labute approximate surface area is 182 Å². The molecular formula is C22H20N6O4. The van der Waals surface area contributed by atoms with Crippen LogP contribution < -0.4 is 5.32 Å². The van der Waals surface area contributed by atoms with Gasteiger partial charge in [-0.25, -0.2) is 4.79 Å². The van der Waals surface area contributed by atoms with Crippen LogP contribution in [0.3, 0.4) is 0 Å². The monoisotopic (exact) mass is 432 g/mol. The number of carboxylic acid groups (broad SMARTS) is 1. The maximum atomic E-state index is 11.4. The SMILES string of the molecule is Cc1cnc2cccc(-n3c(NC(=O)O)nnc3-c3cc(C(C)C)c(N=O)cc3O)c2c1. The highest BCUT2D eigenvalue weighted by atomic mass is 16.4. The third kappa shape index (κ3) is 3.62. The minimum absolute atomic E-state index is 0.0513. The number of nitrogens with zero attached hydrogens (tertiary/aromatic N) is 5. The number of nitroso groups, excluding NO2 is 1. The summed E-state index contributed by atoms with van der Waals surface area (Å²) in [6.45, 7) is 5.69. The molecule has 0 saturated heterocycles. The summed E-state index contributed by atoms with van der Waals surface area (Å²) in [7, 11) is 0. The summed E-state index contributed by atoms with van der Waals surface area (Å²) in [5.41, 5.74) is 3.21.